The highest BCUT2D eigenvalue weighted by molar-refractivity contribution is 5.69. The van der Waals surface area contributed by atoms with Crippen molar-refractivity contribution in [1.82, 2.24) is 9.78 Å². The van der Waals surface area contributed by atoms with Crippen LogP contribution in [0.15, 0.2) is 12.4 Å². The van der Waals surface area contributed by atoms with Gasteiger partial charge in [-0.2, -0.15) is 5.10 Å². The molecule has 1 heterocycles. The van der Waals surface area contributed by atoms with Crippen molar-refractivity contribution in [2.75, 3.05) is 25.6 Å². The predicted octanol–water partition coefficient (Wildman–Crippen LogP) is 0.825. The molecule has 1 aromatic rings. The summed E-state index contributed by atoms with van der Waals surface area (Å²) in [5, 5.41) is 3.88. The molecule has 0 saturated heterocycles. The van der Waals surface area contributed by atoms with E-state index in [1.165, 1.54) is 10.9 Å². The number of nitrogens with zero attached hydrogens (tertiary/aromatic N) is 2. The molecule has 6 heteroatoms. The van der Waals surface area contributed by atoms with Gasteiger partial charge in [0.25, 0.3) is 0 Å². The largest absolute Gasteiger partial charge is 0.462 e. The third kappa shape index (κ3) is 5.91. The number of esters is 1. The minimum absolute atomic E-state index is 0.0756. The molecular formula is C11H19N3O3. The van der Waals surface area contributed by atoms with Crippen LogP contribution < -0.4 is 5.73 Å². The number of nitrogen functional groups attached to an aromatic ring is 1. The van der Waals surface area contributed by atoms with Crippen LogP contribution >= 0.6 is 0 Å². The second-order valence-electron chi connectivity index (χ2n) is 3.66. The molecule has 0 unspecified atom stereocenters. The molecule has 1 rings (SSSR count). The van der Waals surface area contributed by atoms with Gasteiger partial charge in [-0.15, -0.1) is 0 Å². The Bertz CT molecular complexity index is 338. The Kier molecular flexibility index (Phi) is 6.09. The number of aromatic nitrogens is 2. The van der Waals surface area contributed by atoms with Gasteiger partial charge < -0.3 is 15.2 Å². The van der Waals surface area contributed by atoms with Crippen molar-refractivity contribution in [1.29, 1.82) is 0 Å². The van der Waals surface area contributed by atoms with Crippen molar-refractivity contribution >= 4 is 11.7 Å². The van der Waals surface area contributed by atoms with Gasteiger partial charge in [0.2, 0.25) is 0 Å². The van der Waals surface area contributed by atoms with E-state index in [1.54, 1.807) is 6.20 Å². The van der Waals surface area contributed by atoms with Crippen LogP contribution in [0.4, 0.5) is 5.69 Å². The first-order valence-electron chi connectivity index (χ1n) is 5.73. The van der Waals surface area contributed by atoms with Crippen LogP contribution in [-0.2, 0) is 20.8 Å². The third-order valence-electron chi connectivity index (χ3n) is 2.08. The van der Waals surface area contributed by atoms with Crippen molar-refractivity contribution in [2.24, 2.45) is 0 Å². The summed E-state index contributed by atoms with van der Waals surface area (Å²) >= 11 is 0. The van der Waals surface area contributed by atoms with Gasteiger partial charge in [-0.25, -0.2) is 0 Å². The quantitative estimate of drug-likeness (QED) is 0.538. The fourth-order valence-corrected chi connectivity index (χ4v) is 1.21. The monoisotopic (exact) mass is 241 g/mol. The van der Waals surface area contributed by atoms with Gasteiger partial charge in [-0.3, -0.25) is 9.48 Å². The van der Waals surface area contributed by atoms with Gasteiger partial charge >= 0.3 is 5.97 Å². The molecule has 17 heavy (non-hydrogen) atoms. The molecule has 0 atom stereocenters. The van der Waals surface area contributed by atoms with Gasteiger partial charge in [0.15, 0.2) is 0 Å². The normalized spacial score (nSPS) is 10.4. The molecule has 0 fully saturated rings. The molecule has 0 radical (unpaired) electrons. The Hall–Kier alpha value is -1.56. The maximum absolute atomic E-state index is 11.3. The van der Waals surface area contributed by atoms with Crippen molar-refractivity contribution in [2.45, 2.75) is 26.3 Å². The number of rotatable bonds is 8. The van der Waals surface area contributed by atoms with Crippen molar-refractivity contribution in [3.63, 3.8) is 0 Å². The topological polar surface area (TPSA) is 79.4 Å². The standard InChI is InChI=1S/C11H19N3O3/c1-2-3-4-16-5-6-17-11(15)9-14-8-10(12)7-13-14/h7-8H,2-6,9,12H2,1H3. The highest BCUT2D eigenvalue weighted by Gasteiger charge is 2.04. The molecule has 0 aliphatic rings. The Morgan fingerprint density at radius 2 is 2.29 bits per heavy atom. The van der Waals surface area contributed by atoms with Crippen LogP contribution in [0, 0.1) is 0 Å². The van der Waals surface area contributed by atoms with Crippen molar-refractivity contribution < 1.29 is 14.3 Å². The third-order valence-corrected chi connectivity index (χ3v) is 2.08. The minimum atomic E-state index is -0.341. The van der Waals surface area contributed by atoms with Gasteiger partial charge in [-0.1, -0.05) is 13.3 Å². The Labute approximate surface area is 101 Å². The number of hydrogen-bond donors (Lipinski definition) is 1. The predicted molar refractivity (Wildman–Crippen MR) is 63.3 cm³/mol. The Balaban J connectivity index is 2.05. The molecule has 0 aliphatic carbocycles. The molecule has 0 aromatic carbocycles. The maximum Gasteiger partial charge on any atom is 0.327 e. The molecule has 1 aromatic heterocycles. The molecule has 0 aliphatic heterocycles. The summed E-state index contributed by atoms with van der Waals surface area (Å²) in [4.78, 5) is 11.3. The molecular weight excluding hydrogens is 222 g/mol. The second kappa shape index (κ2) is 7.67. The van der Waals surface area contributed by atoms with E-state index in [2.05, 4.69) is 12.0 Å². The Morgan fingerprint density at radius 1 is 1.47 bits per heavy atom. The average molecular weight is 241 g/mol. The van der Waals surface area contributed by atoms with E-state index in [0.29, 0.717) is 18.9 Å². The average Bonchev–Trinajstić information content (AvgIpc) is 2.69. The van der Waals surface area contributed by atoms with E-state index in [-0.39, 0.29) is 19.1 Å². The van der Waals surface area contributed by atoms with E-state index < -0.39 is 0 Å². The van der Waals surface area contributed by atoms with Crippen molar-refractivity contribution in [3.05, 3.63) is 12.4 Å². The minimum Gasteiger partial charge on any atom is -0.462 e. The van der Waals surface area contributed by atoms with E-state index >= 15 is 0 Å². The summed E-state index contributed by atoms with van der Waals surface area (Å²) < 4.78 is 11.7. The Morgan fingerprint density at radius 3 is 2.94 bits per heavy atom. The molecule has 0 spiro atoms. The zero-order valence-corrected chi connectivity index (χ0v) is 10.1. The van der Waals surface area contributed by atoms with E-state index in [9.17, 15) is 4.79 Å². The highest BCUT2D eigenvalue weighted by Crippen LogP contribution is 1.98. The lowest BCUT2D eigenvalue weighted by Gasteiger charge is -2.05. The van der Waals surface area contributed by atoms with Gasteiger partial charge in [0, 0.05) is 12.8 Å². The van der Waals surface area contributed by atoms with Crippen LogP contribution in [0.3, 0.4) is 0 Å². The summed E-state index contributed by atoms with van der Waals surface area (Å²) in [7, 11) is 0. The lowest BCUT2D eigenvalue weighted by Crippen LogP contribution is -2.16. The number of carbonyl (C=O) groups is 1. The molecule has 2 N–H and O–H groups in total. The maximum atomic E-state index is 11.3. The first-order valence-corrected chi connectivity index (χ1v) is 5.73. The molecule has 0 bridgehead atoms. The van der Waals surface area contributed by atoms with E-state index in [0.717, 1.165) is 12.8 Å². The molecule has 96 valence electrons. The van der Waals surface area contributed by atoms with Gasteiger partial charge in [-0.05, 0) is 6.42 Å². The first kappa shape index (κ1) is 13.5. The zero-order valence-electron chi connectivity index (χ0n) is 10.1. The zero-order chi connectivity index (χ0) is 12.5. The van der Waals surface area contributed by atoms with Crippen molar-refractivity contribution in [3.8, 4) is 0 Å². The summed E-state index contributed by atoms with van der Waals surface area (Å²) in [6, 6.07) is 0. The number of carbonyl (C=O) groups excluding carboxylic acids is 1. The van der Waals surface area contributed by atoms with Gasteiger partial charge in [0.1, 0.15) is 13.2 Å². The number of anilines is 1. The second-order valence-corrected chi connectivity index (χ2v) is 3.66. The van der Waals surface area contributed by atoms with Gasteiger partial charge in [0.05, 0.1) is 18.5 Å². The lowest BCUT2D eigenvalue weighted by atomic mass is 10.4. The first-order chi connectivity index (χ1) is 8.22. The fraction of sp³-hybridized carbons (Fsp3) is 0.636. The lowest BCUT2D eigenvalue weighted by molar-refractivity contribution is -0.146. The highest BCUT2D eigenvalue weighted by atomic mass is 16.6. The number of unbranched alkanes of at least 4 members (excludes halogenated alkanes) is 1. The number of hydrogen-bond acceptors (Lipinski definition) is 5. The molecule has 0 amide bonds. The summed E-state index contributed by atoms with van der Waals surface area (Å²) in [6.07, 6.45) is 5.20. The summed E-state index contributed by atoms with van der Waals surface area (Å²) in [6.45, 7) is 3.60. The smallest absolute Gasteiger partial charge is 0.327 e. The van der Waals surface area contributed by atoms with Crippen LogP contribution in [0.2, 0.25) is 0 Å². The summed E-state index contributed by atoms with van der Waals surface area (Å²) in [5.41, 5.74) is 6.00. The van der Waals surface area contributed by atoms with E-state index in [1.807, 2.05) is 0 Å². The SMILES string of the molecule is CCCCOCCOC(=O)Cn1cc(N)cn1. The van der Waals surface area contributed by atoms with Crippen LogP contribution in [0.25, 0.3) is 0 Å². The fourth-order valence-electron chi connectivity index (χ4n) is 1.21. The van der Waals surface area contributed by atoms with Crippen LogP contribution in [0.1, 0.15) is 19.8 Å². The molecule has 6 nitrogen and oxygen atoms in total. The van der Waals surface area contributed by atoms with Crippen LogP contribution in [0.5, 0.6) is 0 Å². The van der Waals surface area contributed by atoms with E-state index in [4.69, 9.17) is 15.2 Å². The number of nitrogens with two attached hydrogens (primary N) is 1. The molecule has 0 saturated carbocycles. The summed E-state index contributed by atoms with van der Waals surface area (Å²) in [5.74, 6) is -0.341. The van der Waals surface area contributed by atoms with Crippen LogP contribution in [-0.4, -0.2) is 35.6 Å². The number of ether oxygens (including phenoxy) is 2.